The Labute approximate surface area is 37.4 Å². The summed E-state index contributed by atoms with van der Waals surface area (Å²) in [5.41, 5.74) is 2.58. The van der Waals surface area contributed by atoms with Crippen molar-refractivity contribution in [2.45, 2.75) is 13.3 Å². The summed E-state index contributed by atoms with van der Waals surface area (Å²) in [4.78, 5) is 3.71. The van der Waals surface area contributed by atoms with Crippen LogP contribution in [0.4, 0.5) is 0 Å². The van der Waals surface area contributed by atoms with Gasteiger partial charge in [-0.05, 0) is 19.2 Å². The van der Waals surface area contributed by atoms with Gasteiger partial charge in [0.25, 0.3) is 0 Å². The summed E-state index contributed by atoms with van der Waals surface area (Å²) in [7, 11) is 0. The van der Waals surface area contributed by atoms with Crippen LogP contribution >= 0.6 is 0 Å². The summed E-state index contributed by atoms with van der Waals surface area (Å²) in [6, 6.07) is 0. The Bertz CT molecular complexity index is 111. The van der Waals surface area contributed by atoms with Gasteiger partial charge >= 0.3 is 0 Å². The van der Waals surface area contributed by atoms with E-state index in [0.717, 1.165) is 6.42 Å². The van der Waals surface area contributed by atoms with Crippen LogP contribution in [-0.4, -0.2) is 6.72 Å². The fourth-order valence-electron chi connectivity index (χ4n) is 0.398. The Hall–Kier alpha value is -0.590. The zero-order valence-corrected chi connectivity index (χ0v) is 3.86. The van der Waals surface area contributed by atoms with E-state index in [9.17, 15) is 0 Å². The Morgan fingerprint density at radius 2 is 2.33 bits per heavy atom. The third kappa shape index (κ3) is 0.361. The van der Waals surface area contributed by atoms with Crippen molar-refractivity contribution in [1.29, 1.82) is 0 Å². The molecule has 0 heterocycles. The first-order valence-electron chi connectivity index (χ1n) is 2.00. The van der Waals surface area contributed by atoms with Crippen molar-refractivity contribution in [3.8, 4) is 0 Å². The standard InChI is InChI=1S/C5H7N/c1-4-3-5(4)6-2/h2-3H2,1H3. The normalized spacial score (nSPS) is 18.2. The lowest BCUT2D eigenvalue weighted by Gasteiger charge is -1.59. The molecule has 0 saturated carbocycles. The van der Waals surface area contributed by atoms with Gasteiger partial charge in [-0.3, -0.25) is 4.99 Å². The second-order valence-corrected chi connectivity index (χ2v) is 1.56. The molecular weight excluding hydrogens is 74.1 g/mol. The maximum absolute atomic E-state index is 3.71. The number of rotatable bonds is 1. The molecule has 0 saturated heterocycles. The summed E-state index contributed by atoms with van der Waals surface area (Å²) in [6.07, 6.45) is 1.10. The smallest absolute Gasteiger partial charge is 0.0430 e. The first-order chi connectivity index (χ1) is 2.84. The van der Waals surface area contributed by atoms with Gasteiger partial charge in [0.05, 0.1) is 0 Å². The lowest BCUT2D eigenvalue weighted by atomic mass is 10.6. The van der Waals surface area contributed by atoms with Gasteiger partial charge in [0.15, 0.2) is 0 Å². The molecule has 1 aliphatic carbocycles. The van der Waals surface area contributed by atoms with Crippen molar-refractivity contribution < 1.29 is 0 Å². The molecule has 0 radical (unpaired) electrons. The van der Waals surface area contributed by atoms with Crippen molar-refractivity contribution in [3.63, 3.8) is 0 Å². The van der Waals surface area contributed by atoms with E-state index in [1.54, 1.807) is 0 Å². The van der Waals surface area contributed by atoms with E-state index in [1.807, 2.05) is 0 Å². The lowest BCUT2D eigenvalue weighted by molar-refractivity contribution is 1.39. The van der Waals surface area contributed by atoms with Crippen LogP contribution in [0.25, 0.3) is 0 Å². The van der Waals surface area contributed by atoms with E-state index in [-0.39, 0.29) is 0 Å². The molecular formula is C5H7N. The highest BCUT2D eigenvalue weighted by atomic mass is 14.7. The molecule has 0 amide bonds. The second-order valence-electron chi connectivity index (χ2n) is 1.56. The van der Waals surface area contributed by atoms with Gasteiger partial charge in [-0.2, -0.15) is 0 Å². The predicted molar refractivity (Wildman–Crippen MR) is 26.9 cm³/mol. The minimum Gasteiger partial charge on any atom is -0.269 e. The summed E-state index contributed by atoms with van der Waals surface area (Å²) < 4.78 is 0. The molecule has 0 fully saturated rings. The number of hydrogen-bond acceptors (Lipinski definition) is 1. The number of allylic oxidation sites excluding steroid dienone is 2. The minimum absolute atomic E-state index is 1.10. The molecule has 32 valence electrons. The van der Waals surface area contributed by atoms with Crippen LogP contribution in [-0.2, 0) is 0 Å². The second kappa shape index (κ2) is 0.934. The van der Waals surface area contributed by atoms with Crippen LogP contribution in [0.1, 0.15) is 13.3 Å². The van der Waals surface area contributed by atoms with E-state index in [1.165, 1.54) is 11.3 Å². The predicted octanol–water partition coefficient (Wildman–Crippen LogP) is 1.36. The highest BCUT2D eigenvalue weighted by molar-refractivity contribution is 5.40. The van der Waals surface area contributed by atoms with Crippen molar-refractivity contribution in [2.75, 3.05) is 0 Å². The molecule has 1 nitrogen and oxygen atoms in total. The van der Waals surface area contributed by atoms with Gasteiger partial charge in [0.2, 0.25) is 0 Å². The summed E-state index contributed by atoms with van der Waals surface area (Å²) >= 11 is 0. The molecule has 1 aliphatic rings. The van der Waals surface area contributed by atoms with E-state index in [0.29, 0.717) is 0 Å². The fourth-order valence-corrected chi connectivity index (χ4v) is 0.398. The fraction of sp³-hybridized carbons (Fsp3) is 0.400. The summed E-state index contributed by atoms with van der Waals surface area (Å²) in [5.74, 6) is 0. The third-order valence-electron chi connectivity index (χ3n) is 0.991. The molecule has 6 heavy (non-hydrogen) atoms. The monoisotopic (exact) mass is 81.1 g/mol. The molecule has 1 rings (SSSR count). The van der Waals surface area contributed by atoms with Gasteiger partial charge in [-0.1, -0.05) is 0 Å². The highest BCUT2D eigenvalue weighted by Gasteiger charge is 2.12. The molecule has 0 aliphatic heterocycles. The van der Waals surface area contributed by atoms with Crippen LogP contribution in [0.2, 0.25) is 0 Å². The molecule has 0 aromatic heterocycles. The van der Waals surface area contributed by atoms with Crippen LogP contribution in [0.5, 0.6) is 0 Å². The Morgan fingerprint density at radius 3 is 2.33 bits per heavy atom. The molecule has 1 heteroatoms. The largest absolute Gasteiger partial charge is 0.269 e. The maximum Gasteiger partial charge on any atom is 0.0430 e. The maximum atomic E-state index is 3.71. The van der Waals surface area contributed by atoms with Crippen molar-refractivity contribution in [2.24, 2.45) is 4.99 Å². The zero-order valence-electron chi connectivity index (χ0n) is 3.86. The minimum atomic E-state index is 1.10. The number of hydrogen-bond donors (Lipinski definition) is 0. The van der Waals surface area contributed by atoms with Gasteiger partial charge in [0, 0.05) is 12.1 Å². The number of nitrogens with zero attached hydrogens (tertiary/aromatic N) is 1. The average Bonchev–Trinajstić information content (AvgIpc) is 2.19. The van der Waals surface area contributed by atoms with Gasteiger partial charge in [-0.25, -0.2) is 0 Å². The molecule has 0 atom stereocenters. The first-order valence-corrected chi connectivity index (χ1v) is 2.00. The summed E-state index contributed by atoms with van der Waals surface area (Å²) in [6.45, 7) is 5.44. The van der Waals surface area contributed by atoms with E-state index in [2.05, 4.69) is 18.6 Å². The topological polar surface area (TPSA) is 12.4 Å². The van der Waals surface area contributed by atoms with Crippen molar-refractivity contribution in [3.05, 3.63) is 11.3 Å². The first kappa shape index (κ1) is 3.59. The number of aliphatic imine (C=N–C) groups is 1. The Kier molecular flexibility index (Phi) is 0.560. The molecule has 0 aromatic carbocycles. The average molecular weight is 81.1 g/mol. The Morgan fingerprint density at radius 1 is 1.83 bits per heavy atom. The molecule has 0 aromatic rings. The highest BCUT2D eigenvalue weighted by Crippen LogP contribution is 2.29. The van der Waals surface area contributed by atoms with Crippen molar-refractivity contribution >= 4 is 6.72 Å². The quantitative estimate of drug-likeness (QED) is 0.423. The molecule has 0 N–H and O–H groups in total. The van der Waals surface area contributed by atoms with E-state index < -0.39 is 0 Å². The van der Waals surface area contributed by atoms with Crippen LogP contribution in [0.15, 0.2) is 16.3 Å². The lowest BCUT2D eigenvalue weighted by Crippen LogP contribution is -1.39. The van der Waals surface area contributed by atoms with Crippen LogP contribution in [0, 0.1) is 0 Å². The molecule has 0 spiro atoms. The molecule has 0 unspecified atom stereocenters. The molecule has 0 bridgehead atoms. The SMILES string of the molecule is C=NC1=C(C)C1. The Balaban J connectivity index is 2.59. The third-order valence-corrected chi connectivity index (χ3v) is 0.991. The van der Waals surface area contributed by atoms with Gasteiger partial charge in [-0.15, -0.1) is 0 Å². The van der Waals surface area contributed by atoms with Gasteiger partial charge in [0.1, 0.15) is 0 Å². The van der Waals surface area contributed by atoms with Crippen LogP contribution < -0.4 is 0 Å². The van der Waals surface area contributed by atoms with E-state index >= 15 is 0 Å². The van der Waals surface area contributed by atoms with E-state index in [4.69, 9.17) is 0 Å². The summed E-state index contributed by atoms with van der Waals surface area (Å²) in [5, 5.41) is 0. The van der Waals surface area contributed by atoms with Gasteiger partial charge < -0.3 is 0 Å². The van der Waals surface area contributed by atoms with Crippen molar-refractivity contribution in [1.82, 2.24) is 0 Å². The zero-order chi connectivity index (χ0) is 4.57. The van der Waals surface area contributed by atoms with Crippen LogP contribution in [0.3, 0.4) is 0 Å².